The molecule has 1 aromatic carbocycles. The summed E-state index contributed by atoms with van der Waals surface area (Å²) in [6, 6.07) is 5.19. The van der Waals surface area contributed by atoms with Gasteiger partial charge < -0.3 is 10.3 Å². The Bertz CT molecular complexity index is 684. The first-order valence-corrected chi connectivity index (χ1v) is 8.62. The number of rotatable bonds is 5. The Hall–Kier alpha value is -1.32. The van der Waals surface area contributed by atoms with E-state index in [1.54, 1.807) is 0 Å². The van der Waals surface area contributed by atoms with Crippen LogP contribution in [0.4, 0.5) is 0 Å². The number of aromatic nitrogens is 1. The van der Waals surface area contributed by atoms with Gasteiger partial charge in [0, 0.05) is 42.3 Å². The van der Waals surface area contributed by atoms with Crippen LogP contribution < -0.4 is 5.73 Å². The molecule has 1 atom stereocenters. The minimum absolute atomic E-state index is 0.319. The van der Waals surface area contributed by atoms with Gasteiger partial charge in [0.1, 0.15) is 0 Å². The molecule has 0 saturated heterocycles. The van der Waals surface area contributed by atoms with Crippen molar-refractivity contribution in [1.82, 2.24) is 9.47 Å². The predicted octanol–water partition coefficient (Wildman–Crippen LogP) is 3.58. The fraction of sp³-hybridized carbons (Fsp3) is 0.579. The average molecular weight is 299 g/mol. The van der Waals surface area contributed by atoms with Crippen LogP contribution in [0.2, 0.25) is 0 Å². The van der Waals surface area contributed by atoms with Gasteiger partial charge in [-0.25, -0.2) is 0 Å². The van der Waals surface area contributed by atoms with Crippen LogP contribution in [0.5, 0.6) is 0 Å². The smallest absolute Gasteiger partial charge is 0.0488 e. The van der Waals surface area contributed by atoms with Gasteiger partial charge in [0.05, 0.1) is 0 Å². The lowest BCUT2D eigenvalue weighted by Crippen LogP contribution is -2.19. The zero-order valence-corrected chi connectivity index (χ0v) is 14.4. The molecule has 120 valence electrons. The van der Waals surface area contributed by atoms with E-state index >= 15 is 0 Å². The van der Waals surface area contributed by atoms with Crippen LogP contribution in [-0.2, 0) is 26.1 Å². The zero-order chi connectivity index (χ0) is 15.9. The van der Waals surface area contributed by atoms with Crippen molar-refractivity contribution in [3.63, 3.8) is 0 Å². The van der Waals surface area contributed by atoms with Crippen LogP contribution in [0.3, 0.4) is 0 Å². The van der Waals surface area contributed by atoms with Crippen LogP contribution in [0.25, 0.3) is 10.9 Å². The Kier molecular flexibility index (Phi) is 4.28. The lowest BCUT2D eigenvalue weighted by Gasteiger charge is -2.09. The molecule has 3 rings (SSSR count). The molecule has 1 unspecified atom stereocenters. The molecule has 3 heteroatoms. The number of nitrogens with two attached hydrogens (primary N) is 1. The standard InChI is InChI=1S/C19H29N3/c1-5-16(20)7-8-17-13(3)22(6-2)19-10-15-12-21(4)11-14(15)9-18(17)19/h9-10,16H,5-8,11-12,20H2,1-4H3. The maximum absolute atomic E-state index is 6.15. The number of benzene rings is 1. The Morgan fingerprint density at radius 1 is 1.18 bits per heavy atom. The first kappa shape index (κ1) is 15.6. The lowest BCUT2D eigenvalue weighted by atomic mass is 9.99. The fourth-order valence-electron chi connectivity index (χ4n) is 3.87. The van der Waals surface area contributed by atoms with E-state index in [0.717, 1.165) is 38.9 Å². The molecule has 0 radical (unpaired) electrons. The Morgan fingerprint density at radius 2 is 1.86 bits per heavy atom. The normalized spacial score (nSPS) is 16.4. The molecule has 1 aliphatic heterocycles. The minimum atomic E-state index is 0.319. The van der Waals surface area contributed by atoms with E-state index < -0.39 is 0 Å². The van der Waals surface area contributed by atoms with Gasteiger partial charge in [-0.2, -0.15) is 0 Å². The van der Waals surface area contributed by atoms with Gasteiger partial charge in [0.15, 0.2) is 0 Å². The molecule has 22 heavy (non-hydrogen) atoms. The highest BCUT2D eigenvalue weighted by atomic mass is 15.1. The van der Waals surface area contributed by atoms with Crippen LogP contribution in [0, 0.1) is 6.92 Å². The van der Waals surface area contributed by atoms with Gasteiger partial charge in [-0.15, -0.1) is 0 Å². The summed E-state index contributed by atoms with van der Waals surface area (Å²) in [6.45, 7) is 9.89. The third-order valence-corrected chi connectivity index (χ3v) is 5.26. The van der Waals surface area contributed by atoms with Gasteiger partial charge >= 0.3 is 0 Å². The molecule has 1 aliphatic rings. The maximum Gasteiger partial charge on any atom is 0.0488 e. The minimum Gasteiger partial charge on any atom is -0.345 e. The largest absolute Gasteiger partial charge is 0.345 e. The van der Waals surface area contributed by atoms with Crippen LogP contribution in [-0.4, -0.2) is 22.6 Å². The van der Waals surface area contributed by atoms with Crippen molar-refractivity contribution < 1.29 is 0 Å². The van der Waals surface area contributed by atoms with Crippen molar-refractivity contribution in [2.45, 2.75) is 65.7 Å². The van der Waals surface area contributed by atoms with E-state index in [0.29, 0.717) is 6.04 Å². The maximum atomic E-state index is 6.15. The second kappa shape index (κ2) is 6.05. The van der Waals surface area contributed by atoms with E-state index in [-0.39, 0.29) is 0 Å². The first-order chi connectivity index (χ1) is 10.5. The van der Waals surface area contributed by atoms with Crippen molar-refractivity contribution in [3.8, 4) is 0 Å². The van der Waals surface area contributed by atoms with Gasteiger partial charge in [0.25, 0.3) is 0 Å². The predicted molar refractivity (Wildman–Crippen MR) is 94.1 cm³/mol. The molecule has 0 aliphatic carbocycles. The summed E-state index contributed by atoms with van der Waals surface area (Å²) in [4.78, 5) is 2.39. The second-order valence-corrected chi connectivity index (χ2v) is 6.83. The first-order valence-electron chi connectivity index (χ1n) is 8.62. The summed E-state index contributed by atoms with van der Waals surface area (Å²) in [5.41, 5.74) is 13.5. The van der Waals surface area contributed by atoms with Crippen molar-refractivity contribution in [2.75, 3.05) is 7.05 Å². The summed E-state index contributed by atoms with van der Waals surface area (Å²) in [6.07, 6.45) is 3.24. The van der Waals surface area contributed by atoms with Crippen molar-refractivity contribution in [3.05, 3.63) is 34.5 Å². The number of hydrogen-bond donors (Lipinski definition) is 1. The molecule has 0 spiro atoms. The van der Waals surface area contributed by atoms with Gasteiger partial charge in [-0.1, -0.05) is 6.92 Å². The molecule has 0 amide bonds. The highest BCUT2D eigenvalue weighted by Crippen LogP contribution is 2.33. The number of hydrogen-bond acceptors (Lipinski definition) is 2. The second-order valence-electron chi connectivity index (χ2n) is 6.83. The van der Waals surface area contributed by atoms with Crippen LogP contribution in [0.1, 0.15) is 49.1 Å². The van der Waals surface area contributed by atoms with Gasteiger partial charge in [-0.05, 0) is 69.0 Å². The highest BCUT2D eigenvalue weighted by molar-refractivity contribution is 5.87. The molecule has 0 bridgehead atoms. The van der Waals surface area contributed by atoms with Crippen LogP contribution >= 0.6 is 0 Å². The van der Waals surface area contributed by atoms with Crippen LogP contribution in [0.15, 0.2) is 12.1 Å². The van der Waals surface area contributed by atoms with E-state index in [9.17, 15) is 0 Å². The average Bonchev–Trinajstić information content (AvgIpc) is 2.98. The molecular weight excluding hydrogens is 270 g/mol. The number of nitrogens with zero attached hydrogens (tertiary/aromatic N) is 2. The highest BCUT2D eigenvalue weighted by Gasteiger charge is 2.20. The Balaban J connectivity index is 2.07. The number of fused-ring (bicyclic) bond motifs is 2. The number of aryl methyl sites for hydroxylation is 2. The third kappa shape index (κ3) is 2.57. The van der Waals surface area contributed by atoms with Gasteiger partial charge in [-0.3, -0.25) is 4.90 Å². The summed E-state index contributed by atoms with van der Waals surface area (Å²) in [5, 5.41) is 1.46. The summed E-state index contributed by atoms with van der Waals surface area (Å²) < 4.78 is 2.47. The van der Waals surface area contributed by atoms with Crippen molar-refractivity contribution in [1.29, 1.82) is 0 Å². The molecule has 2 heterocycles. The molecule has 3 nitrogen and oxygen atoms in total. The van der Waals surface area contributed by atoms with E-state index in [2.05, 4.69) is 49.4 Å². The van der Waals surface area contributed by atoms with Gasteiger partial charge in [0.2, 0.25) is 0 Å². The monoisotopic (exact) mass is 299 g/mol. The zero-order valence-electron chi connectivity index (χ0n) is 14.4. The molecule has 0 fully saturated rings. The third-order valence-electron chi connectivity index (χ3n) is 5.26. The summed E-state index contributed by atoms with van der Waals surface area (Å²) >= 11 is 0. The topological polar surface area (TPSA) is 34.2 Å². The SMILES string of the molecule is CCC(N)CCc1c(C)n(CC)c2cc3c(cc12)CN(C)C3. The molecular formula is C19H29N3. The quantitative estimate of drug-likeness (QED) is 0.915. The summed E-state index contributed by atoms with van der Waals surface area (Å²) in [5.74, 6) is 0. The molecule has 0 saturated carbocycles. The van der Waals surface area contributed by atoms with E-state index in [1.165, 1.54) is 33.3 Å². The molecule has 1 aromatic heterocycles. The van der Waals surface area contributed by atoms with E-state index in [1.807, 2.05) is 0 Å². The fourth-order valence-corrected chi connectivity index (χ4v) is 3.87. The molecule has 2 N–H and O–H groups in total. The Morgan fingerprint density at radius 3 is 2.50 bits per heavy atom. The lowest BCUT2D eigenvalue weighted by molar-refractivity contribution is 0.353. The van der Waals surface area contributed by atoms with Crippen molar-refractivity contribution in [2.24, 2.45) is 5.73 Å². The van der Waals surface area contributed by atoms with E-state index in [4.69, 9.17) is 5.73 Å². The van der Waals surface area contributed by atoms with Crippen molar-refractivity contribution >= 4 is 10.9 Å². The Labute approximate surface area is 134 Å². The molecule has 2 aromatic rings. The summed E-state index contributed by atoms with van der Waals surface area (Å²) in [7, 11) is 2.20.